The molecule has 0 bridgehead atoms. The van der Waals surface area contributed by atoms with E-state index in [0.29, 0.717) is 32.2 Å². The van der Waals surface area contributed by atoms with Crippen LogP contribution in [0.2, 0.25) is 10.0 Å². The van der Waals surface area contributed by atoms with E-state index in [1.807, 2.05) is 0 Å². The van der Waals surface area contributed by atoms with Crippen molar-refractivity contribution in [2.45, 2.75) is 0 Å². The van der Waals surface area contributed by atoms with Gasteiger partial charge in [0.05, 0.1) is 5.56 Å². The smallest absolute Gasteiger partial charge is 0.296 e. The van der Waals surface area contributed by atoms with Crippen molar-refractivity contribution in [2.75, 3.05) is 5.32 Å². The first-order valence-corrected chi connectivity index (χ1v) is 7.18. The molecule has 2 N–H and O–H groups in total. The first-order chi connectivity index (χ1) is 10.5. The minimum atomic E-state index is -0.710. The number of halogens is 2. The number of nitrogens with one attached hydrogen (secondary N) is 2. The SMILES string of the molecule is O=C(Nc1ccc(Cl)cc1)C(=O)c1c[nH]c2cc(Cl)ccc12. The van der Waals surface area contributed by atoms with Gasteiger partial charge in [0.2, 0.25) is 0 Å². The number of amides is 1. The molecule has 1 aromatic heterocycles. The van der Waals surface area contributed by atoms with Crippen molar-refractivity contribution in [3.8, 4) is 0 Å². The number of rotatable bonds is 3. The van der Waals surface area contributed by atoms with E-state index >= 15 is 0 Å². The predicted molar refractivity (Wildman–Crippen MR) is 87.7 cm³/mol. The normalized spacial score (nSPS) is 10.6. The van der Waals surface area contributed by atoms with Gasteiger partial charge in [0, 0.05) is 32.8 Å². The first-order valence-electron chi connectivity index (χ1n) is 6.42. The van der Waals surface area contributed by atoms with Crippen LogP contribution >= 0.6 is 23.2 Å². The highest BCUT2D eigenvalue weighted by atomic mass is 35.5. The molecule has 0 radical (unpaired) electrons. The lowest BCUT2D eigenvalue weighted by Gasteiger charge is -2.04. The summed E-state index contributed by atoms with van der Waals surface area (Å²) in [7, 11) is 0. The Morgan fingerprint density at radius 3 is 2.36 bits per heavy atom. The highest BCUT2D eigenvalue weighted by Gasteiger charge is 2.20. The lowest BCUT2D eigenvalue weighted by molar-refractivity contribution is -0.112. The van der Waals surface area contributed by atoms with Gasteiger partial charge in [-0.25, -0.2) is 0 Å². The van der Waals surface area contributed by atoms with Crippen LogP contribution in [-0.2, 0) is 4.79 Å². The van der Waals surface area contributed by atoms with Crippen molar-refractivity contribution in [3.05, 3.63) is 64.3 Å². The van der Waals surface area contributed by atoms with Gasteiger partial charge in [-0.2, -0.15) is 0 Å². The summed E-state index contributed by atoms with van der Waals surface area (Å²) in [5.41, 5.74) is 1.51. The highest BCUT2D eigenvalue weighted by molar-refractivity contribution is 6.48. The van der Waals surface area contributed by atoms with Crippen LogP contribution in [0.1, 0.15) is 10.4 Å². The number of benzene rings is 2. The second kappa shape index (κ2) is 5.83. The molecule has 0 aliphatic heterocycles. The number of aromatic amines is 1. The minimum Gasteiger partial charge on any atom is -0.360 e. The molecule has 0 unspecified atom stereocenters. The highest BCUT2D eigenvalue weighted by Crippen LogP contribution is 2.23. The third-order valence-corrected chi connectivity index (χ3v) is 3.68. The molecular weight excluding hydrogens is 323 g/mol. The Hall–Kier alpha value is -2.30. The summed E-state index contributed by atoms with van der Waals surface area (Å²) in [6.07, 6.45) is 1.50. The Morgan fingerprint density at radius 2 is 1.64 bits per heavy atom. The maximum Gasteiger partial charge on any atom is 0.296 e. The Morgan fingerprint density at radius 1 is 0.955 bits per heavy atom. The van der Waals surface area contributed by atoms with Gasteiger partial charge in [-0.15, -0.1) is 0 Å². The average Bonchev–Trinajstić information content (AvgIpc) is 2.91. The molecule has 0 saturated heterocycles. The number of Topliss-reactive ketones (excluding diaryl/α,β-unsaturated/α-hetero) is 1. The van der Waals surface area contributed by atoms with Crippen molar-refractivity contribution in [1.29, 1.82) is 0 Å². The number of carbonyl (C=O) groups excluding carboxylic acids is 2. The molecule has 2 aromatic carbocycles. The lowest BCUT2D eigenvalue weighted by Crippen LogP contribution is -2.22. The quantitative estimate of drug-likeness (QED) is 0.555. The molecule has 4 nitrogen and oxygen atoms in total. The lowest BCUT2D eigenvalue weighted by atomic mass is 10.1. The fourth-order valence-electron chi connectivity index (χ4n) is 2.13. The van der Waals surface area contributed by atoms with Crippen LogP contribution in [-0.4, -0.2) is 16.7 Å². The van der Waals surface area contributed by atoms with Crippen molar-refractivity contribution in [1.82, 2.24) is 4.98 Å². The van der Waals surface area contributed by atoms with Crippen LogP contribution in [0.4, 0.5) is 5.69 Å². The second-order valence-corrected chi connectivity index (χ2v) is 5.56. The number of carbonyl (C=O) groups is 2. The number of anilines is 1. The molecular formula is C16H10Cl2N2O2. The maximum atomic E-state index is 12.3. The van der Waals surface area contributed by atoms with Gasteiger partial charge in [0.1, 0.15) is 0 Å². The molecule has 22 heavy (non-hydrogen) atoms. The van der Waals surface area contributed by atoms with E-state index in [2.05, 4.69) is 10.3 Å². The molecule has 3 aromatic rings. The average molecular weight is 333 g/mol. The summed E-state index contributed by atoms with van der Waals surface area (Å²) in [4.78, 5) is 27.3. The minimum absolute atomic E-state index is 0.304. The predicted octanol–water partition coefficient (Wildman–Crippen LogP) is 4.30. The largest absolute Gasteiger partial charge is 0.360 e. The van der Waals surface area contributed by atoms with E-state index in [0.717, 1.165) is 0 Å². The van der Waals surface area contributed by atoms with Crippen LogP contribution in [0, 0.1) is 0 Å². The number of hydrogen-bond acceptors (Lipinski definition) is 2. The number of ketones is 1. The molecule has 6 heteroatoms. The van der Waals surface area contributed by atoms with Gasteiger partial charge in [-0.1, -0.05) is 29.3 Å². The van der Waals surface area contributed by atoms with Crippen molar-refractivity contribution >= 4 is 51.5 Å². The van der Waals surface area contributed by atoms with Gasteiger partial charge in [0.25, 0.3) is 11.7 Å². The second-order valence-electron chi connectivity index (χ2n) is 4.68. The fourth-order valence-corrected chi connectivity index (χ4v) is 2.43. The van der Waals surface area contributed by atoms with E-state index in [1.54, 1.807) is 42.5 Å². The molecule has 0 fully saturated rings. The number of fused-ring (bicyclic) bond motifs is 1. The summed E-state index contributed by atoms with van der Waals surface area (Å²) in [5.74, 6) is -1.33. The molecule has 0 spiro atoms. The number of aromatic nitrogens is 1. The standard InChI is InChI=1S/C16H10Cl2N2O2/c17-9-1-4-11(5-2-9)20-16(22)15(21)13-8-19-14-7-10(18)3-6-12(13)14/h1-8,19H,(H,20,22). The fraction of sp³-hybridized carbons (Fsp3) is 0. The Kier molecular flexibility index (Phi) is 3.88. The summed E-state index contributed by atoms with van der Waals surface area (Å²) in [6.45, 7) is 0. The van der Waals surface area contributed by atoms with Gasteiger partial charge in [-0.05, 0) is 36.4 Å². The molecule has 0 aliphatic carbocycles. The Bertz CT molecular complexity index is 869. The van der Waals surface area contributed by atoms with E-state index in [4.69, 9.17) is 23.2 Å². The molecule has 110 valence electrons. The molecule has 0 aliphatic rings. The maximum absolute atomic E-state index is 12.3. The monoisotopic (exact) mass is 332 g/mol. The zero-order valence-corrected chi connectivity index (χ0v) is 12.7. The van der Waals surface area contributed by atoms with Gasteiger partial charge in [-0.3, -0.25) is 9.59 Å². The van der Waals surface area contributed by atoms with Crippen LogP contribution < -0.4 is 5.32 Å². The Balaban J connectivity index is 1.85. The van der Waals surface area contributed by atoms with E-state index in [1.165, 1.54) is 6.20 Å². The number of hydrogen-bond donors (Lipinski definition) is 2. The van der Waals surface area contributed by atoms with Crippen molar-refractivity contribution in [3.63, 3.8) is 0 Å². The van der Waals surface area contributed by atoms with Gasteiger partial charge < -0.3 is 10.3 Å². The molecule has 0 atom stereocenters. The van der Waals surface area contributed by atoms with Crippen molar-refractivity contribution in [2.24, 2.45) is 0 Å². The third-order valence-electron chi connectivity index (χ3n) is 3.20. The van der Waals surface area contributed by atoms with E-state index < -0.39 is 11.7 Å². The van der Waals surface area contributed by atoms with Crippen LogP contribution in [0.25, 0.3) is 10.9 Å². The Labute approximate surface area is 136 Å². The molecule has 3 rings (SSSR count). The number of H-pyrrole nitrogens is 1. The third kappa shape index (κ3) is 2.84. The van der Waals surface area contributed by atoms with Crippen LogP contribution in [0.5, 0.6) is 0 Å². The molecule has 1 amide bonds. The van der Waals surface area contributed by atoms with Crippen LogP contribution in [0.3, 0.4) is 0 Å². The first kappa shape index (κ1) is 14.6. The van der Waals surface area contributed by atoms with Gasteiger partial charge >= 0.3 is 0 Å². The summed E-state index contributed by atoms with van der Waals surface area (Å²) in [5, 5.41) is 4.31. The van der Waals surface area contributed by atoms with E-state index in [-0.39, 0.29) is 0 Å². The van der Waals surface area contributed by atoms with Gasteiger partial charge in [0.15, 0.2) is 0 Å². The van der Waals surface area contributed by atoms with Crippen LogP contribution in [0.15, 0.2) is 48.7 Å². The topological polar surface area (TPSA) is 62.0 Å². The zero-order chi connectivity index (χ0) is 15.7. The summed E-state index contributed by atoms with van der Waals surface area (Å²) >= 11 is 11.7. The van der Waals surface area contributed by atoms with Crippen molar-refractivity contribution < 1.29 is 9.59 Å². The zero-order valence-electron chi connectivity index (χ0n) is 11.2. The molecule has 1 heterocycles. The summed E-state index contributed by atoms with van der Waals surface area (Å²) in [6, 6.07) is 11.6. The summed E-state index contributed by atoms with van der Waals surface area (Å²) < 4.78 is 0. The molecule has 0 saturated carbocycles. The van der Waals surface area contributed by atoms with E-state index in [9.17, 15) is 9.59 Å².